The largest absolute Gasteiger partial charge is 0.504 e. The van der Waals surface area contributed by atoms with Gasteiger partial charge in [0.15, 0.2) is 11.5 Å². The Labute approximate surface area is 132 Å². The molecule has 1 saturated heterocycles. The Kier molecular flexibility index (Phi) is 4.94. The average Bonchev–Trinajstić information content (AvgIpc) is 2.49. The zero-order valence-electron chi connectivity index (χ0n) is 13.8. The van der Waals surface area contributed by atoms with Gasteiger partial charge in [-0.05, 0) is 17.5 Å². The SMILES string of the molecule is COc1ccc(C#N)c([C@@H](N2CCNCC2)C(C)(C)C)c1O. The number of ether oxygens (including phenoxy) is 1. The topological polar surface area (TPSA) is 68.5 Å². The molecule has 1 aliphatic rings. The fraction of sp³-hybridized carbons (Fsp3) is 0.588. The summed E-state index contributed by atoms with van der Waals surface area (Å²) in [5, 5.41) is 23.5. The van der Waals surface area contributed by atoms with Crippen LogP contribution in [0.4, 0.5) is 0 Å². The second-order valence-electron chi connectivity index (χ2n) is 6.74. The summed E-state index contributed by atoms with van der Waals surface area (Å²) in [6, 6.07) is 5.56. The molecule has 1 atom stereocenters. The molecule has 1 fully saturated rings. The zero-order chi connectivity index (χ0) is 16.3. The molecule has 5 nitrogen and oxygen atoms in total. The first-order valence-electron chi connectivity index (χ1n) is 7.65. The van der Waals surface area contributed by atoms with E-state index in [0.29, 0.717) is 16.9 Å². The second-order valence-corrected chi connectivity index (χ2v) is 6.74. The van der Waals surface area contributed by atoms with E-state index in [0.717, 1.165) is 26.2 Å². The highest BCUT2D eigenvalue weighted by Gasteiger charge is 2.36. The lowest BCUT2D eigenvalue weighted by Gasteiger charge is -2.43. The third kappa shape index (κ3) is 3.18. The molecule has 0 amide bonds. The van der Waals surface area contributed by atoms with E-state index in [9.17, 15) is 10.4 Å². The summed E-state index contributed by atoms with van der Waals surface area (Å²) >= 11 is 0. The van der Waals surface area contributed by atoms with Crippen molar-refractivity contribution in [2.45, 2.75) is 26.8 Å². The molecule has 1 aromatic carbocycles. The Morgan fingerprint density at radius 2 is 1.95 bits per heavy atom. The summed E-state index contributed by atoms with van der Waals surface area (Å²) in [7, 11) is 1.53. The van der Waals surface area contributed by atoms with Crippen LogP contribution in [-0.2, 0) is 0 Å². The molecule has 0 saturated carbocycles. The number of nitrogens with one attached hydrogen (secondary N) is 1. The number of rotatable bonds is 3. The summed E-state index contributed by atoms with van der Waals surface area (Å²) in [6.45, 7) is 10.0. The molecule has 1 aliphatic heterocycles. The maximum Gasteiger partial charge on any atom is 0.163 e. The van der Waals surface area contributed by atoms with Gasteiger partial charge in [0.05, 0.1) is 18.7 Å². The molecule has 0 radical (unpaired) electrons. The first-order chi connectivity index (χ1) is 10.4. The van der Waals surface area contributed by atoms with Crippen LogP contribution < -0.4 is 10.1 Å². The predicted octanol–water partition coefficient (Wildman–Crippen LogP) is 2.26. The van der Waals surface area contributed by atoms with Gasteiger partial charge < -0.3 is 15.2 Å². The van der Waals surface area contributed by atoms with Crippen LogP contribution in [0.1, 0.15) is 37.9 Å². The lowest BCUT2D eigenvalue weighted by Crippen LogP contribution is -2.48. The molecule has 0 spiro atoms. The Bertz CT molecular complexity index is 566. The van der Waals surface area contributed by atoms with Gasteiger partial charge in [0, 0.05) is 37.8 Å². The number of hydrogen-bond donors (Lipinski definition) is 2. The molecule has 120 valence electrons. The highest BCUT2D eigenvalue weighted by Crippen LogP contribution is 2.46. The molecule has 0 unspecified atom stereocenters. The predicted molar refractivity (Wildman–Crippen MR) is 86.0 cm³/mol. The summed E-state index contributed by atoms with van der Waals surface area (Å²) in [5.41, 5.74) is 1.07. The van der Waals surface area contributed by atoms with Crippen LogP contribution in [0.25, 0.3) is 0 Å². The molecular formula is C17H25N3O2. The standard InChI is InChI=1S/C17H25N3O2/c1-17(2,3)16(20-9-7-19-8-10-20)14-12(11-18)5-6-13(22-4)15(14)21/h5-6,16,19,21H,7-10H2,1-4H3/t16-/m1/s1. The van der Waals surface area contributed by atoms with Gasteiger partial charge in [0.25, 0.3) is 0 Å². The van der Waals surface area contributed by atoms with Crippen molar-refractivity contribution in [3.8, 4) is 17.6 Å². The van der Waals surface area contributed by atoms with Crippen LogP contribution >= 0.6 is 0 Å². The summed E-state index contributed by atoms with van der Waals surface area (Å²) in [4.78, 5) is 2.34. The van der Waals surface area contributed by atoms with E-state index < -0.39 is 0 Å². The molecule has 0 bridgehead atoms. The van der Waals surface area contributed by atoms with E-state index in [1.54, 1.807) is 12.1 Å². The maximum absolute atomic E-state index is 10.6. The number of hydrogen-bond acceptors (Lipinski definition) is 5. The monoisotopic (exact) mass is 303 g/mol. The Morgan fingerprint density at radius 3 is 2.45 bits per heavy atom. The van der Waals surface area contributed by atoms with Crippen LogP contribution in [0.3, 0.4) is 0 Å². The van der Waals surface area contributed by atoms with Crippen LogP contribution in [0.5, 0.6) is 11.5 Å². The molecule has 0 aliphatic carbocycles. The number of aromatic hydroxyl groups is 1. The lowest BCUT2D eigenvalue weighted by molar-refractivity contribution is 0.0837. The van der Waals surface area contributed by atoms with Gasteiger partial charge in [0.2, 0.25) is 0 Å². The summed E-state index contributed by atoms with van der Waals surface area (Å²) in [6.07, 6.45) is 0. The first-order valence-corrected chi connectivity index (χ1v) is 7.65. The van der Waals surface area contributed by atoms with E-state index in [4.69, 9.17) is 4.74 Å². The van der Waals surface area contributed by atoms with Crippen molar-refractivity contribution < 1.29 is 9.84 Å². The Balaban J connectivity index is 2.58. The number of benzene rings is 1. The molecule has 2 rings (SSSR count). The van der Waals surface area contributed by atoms with Crippen LogP contribution in [-0.4, -0.2) is 43.3 Å². The van der Waals surface area contributed by atoms with Gasteiger partial charge in [-0.15, -0.1) is 0 Å². The highest BCUT2D eigenvalue weighted by molar-refractivity contribution is 5.55. The molecule has 1 aromatic rings. The van der Waals surface area contributed by atoms with E-state index >= 15 is 0 Å². The van der Waals surface area contributed by atoms with Gasteiger partial charge in [-0.1, -0.05) is 20.8 Å². The molecule has 0 aromatic heterocycles. The van der Waals surface area contributed by atoms with E-state index in [-0.39, 0.29) is 17.2 Å². The van der Waals surface area contributed by atoms with Crippen LogP contribution in [0.15, 0.2) is 12.1 Å². The van der Waals surface area contributed by atoms with Crippen LogP contribution in [0, 0.1) is 16.7 Å². The number of nitrogens with zero attached hydrogens (tertiary/aromatic N) is 2. The van der Waals surface area contributed by atoms with Gasteiger partial charge in [-0.3, -0.25) is 4.90 Å². The molecular weight excluding hydrogens is 278 g/mol. The van der Waals surface area contributed by atoms with Crippen molar-refractivity contribution in [2.24, 2.45) is 5.41 Å². The lowest BCUT2D eigenvalue weighted by atomic mass is 9.79. The number of piperazine rings is 1. The summed E-state index contributed by atoms with van der Waals surface area (Å²) in [5.74, 6) is 0.499. The smallest absolute Gasteiger partial charge is 0.163 e. The normalized spacial score (nSPS) is 17.8. The van der Waals surface area contributed by atoms with Crippen molar-refractivity contribution in [2.75, 3.05) is 33.3 Å². The first kappa shape index (κ1) is 16.6. The number of nitriles is 1. The van der Waals surface area contributed by atoms with Gasteiger partial charge in [0.1, 0.15) is 0 Å². The van der Waals surface area contributed by atoms with Crippen molar-refractivity contribution in [3.05, 3.63) is 23.3 Å². The van der Waals surface area contributed by atoms with Crippen LogP contribution in [0.2, 0.25) is 0 Å². The number of phenolic OH excluding ortho intramolecular Hbond substituents is 1. The summed E-state index contributed by atoms with van der Waals surface area (Å²) < 4.78 is 5.25. The van der Waals surface area contributed by atoms with Gasteiger partial charge in [-0.2, -0.15) is 5.26 Å². The van der Waals surface area contributed by atoms with Gasteiger partial charge >= 0.3 is 0 Å². The third-order valence-electron chi connectivity index (χ3n) is 4.13. The second kappa shape index (κ2) is 6.55. The molecule has 22 heavy (non-hydrogen) atoms. The zero-order valence-corrected chi connectivity index (χ0v) is 13.8. The average molecular weight is 303 g/mol. The molecule has 5 heteroatoms. The minimum Gasteiger partial charge on any atom is -0.504 e. The fourth-order valence-corrected chi connectivity index (χ4v) is 3.23. The highest BCUT2D eigenvalue weighted by atomic mass is 16.5. The van der Waals surface area contributed by atoms with Crippen molar-refractivity contribution in [3.63, 3.8) is 0 Å². The molecule has 1 heterocycles. The van der Waals surface area contributed by atoms with Gasteiger partial charge in [-0.25, -0.2) is 0 Å². The Hall–Kier alpha value is -1.77. The fourth-order valence-electron chi connectivity index (χ4n) is 3.23. The number of methoxy groups -OCH3 is 1. The van der Waals surface area contributed by atoms with Crippen molar-refractivity contribution >= 4 is 0 Å². The maximum atomic E-state index is 10.6. The Morgan fingerprint density at radius 1 is 1.32 bits per heavy atom. The minimum absolute atomic E-state index is 0.0423. The quantitative estimate of drug-likeness (QED) is 0.896. The van der Waals surface area contributed by atoms with E-state index in [1.807, 2.05) is 0 Å². The van der Waals surface area contributed by atoms with Crippen molar-refractivity contribution in [1.29, 1.82) is 5.26 Å². The minimum atomic E-state index is -0.118. The van der Waals surface area contributed by atoms with Crippen molar-refractivity contribution in [1.82, 2.24) is 10.2 Å². The van der Waals surface area contributed by atoms with E-state index in [1.165, 1.54) is 7.11 Å². The number of phenols is 1. The van der Waals surface area contributed by atoms with E-state index in [2.05, 4.69) is 37.1 Å². The molecule has 2 N–H and O–H groups in total. The third-order valence-corrected chi connectivity index (χ3v) is 4.13.